The number of anilines is 2. The summed E-state index contributed by atoms with van der Waals surface area (Å²) >= 11 is 1.23. The number of hydrogen-bond donors (Lipinski definition) is 2. The molecule has 3 aliphatic rings. The van der Waals surface area contributed by atoms with Gasteiger partial charge in [-0.25, -0.2) is 0 Å². The molecule has 2 heterocycles. The molecule has 2 aromatic rings. The second kappa shape index (κ2) is 7.55. The van der Waals surface area contributed by atoms with Crippen LogP contribution in [-0.4, -0.2) is 28.6 Å². The topological polar surface area (TPSA) is 65.5 Å². The van der Waals surface area contributed by atoms with Crippen LogP contribution in [-0.2, 0) is 23.8 Å². The second-order valence-electron chi connectivity index (χ2n) is 8.46. The van der Waals surface area contributed by atoms with Crippen LogP contribution in [0.25, 0.3) is 0 Å². The summed E-state index contributed by atoms with van der Waals surface area (Å²) in [6.07, 6.45) is 3.37. The predicted octanol–water partition coefficient (Wildman–Crippen LogP) is 4.77. The molecule has 1 aliphatic heterocycles. The third kappa shape index (κ3) is 3.91. The normalized spacial score (nSPS) is 24.5. The number of nitrogens with one attached hydrogen (secondary N) is 1. The van der Waals surface area contributed by atoms with Gasteiger partial charge in [0.25, 0.3) is 0 Å². The number of allylic oxidation sites excluding steroid dienone is 1. The SMILES string of the molecule is O=C(Cc1sc(NC2CC3C=CC2C3)nc1O)N1CCCc2ccc(C(F)(F)F)cc21. The van der Waals surface area contributed by atoms with E-state index in [1.165, 1.54) is 22.3 Å². The molecule has 5 rings (SSSR count). The average molecular weight is 449 g/mol. The summed E-state index contributed by atoms with van der Waals surface area (Å²) < 4.78 is 39.5. The lowest BCUT2D eigenvalue weighted by atomic mass is 9.99. The summed E-state index contributed by atoms with van der Waals surface area (Å²) in [5.74, 6) is 0.529. The van der Waals surface area contributed by atoms with Crippen molar-refractivity contribution in [2.24, 2.45) is 11.8 Å². The van der Waals surface area contributed by atoms with Gasteiger partial charge in [-0.05, 0) is 55.2 Å². The monoisotopic (exact) mass is 449 g/mol. The van der Waals surface area contributed by atoms with Crippen LogP contribution < -0.4 is 10.2 Å². The van der Waals surface area contributed by atoms with Crippen LogP contribution in [0.4, 0.5) is 24.0 Å². The van der Waals surface area contributed by atoms with E-state index in [0.29, 0.717) is 46.9 Å². The van der Waals surface area contributed by atoms with Crippen molar-refractivity contribution in [1.29, 1.82) is 0 Å². The minimum atomic E-state index is -4.47. The van der Waals surface area contributed by atoms with Gasteiger partial charge in [-0.1, -0.05) is 29.6 Å². The Hall–Kier alpha value is -2.55. The smallest absolute Gasteiger partial charge is 0.416 e. The number of nitrogens with zero attached hydrogens (tertiary/aromatic N) is 2. The second-order valence-corrected chi connectivity index (χ2v) is 9.55. The molecule has 0 saturated heterocycles. The number of aromatic nitrogens is 1. The van der Waals surface area contributed by atoms with Gasteiger partial charge in [0.2, 0.25) is 11.8 Å². The fourth-order valence-electron chi connectivity index (χ4n) is 4.87. The maximum atomic E-state index is 13.2. The van der Waals surface area contributed by atoms with Gasteiger partial charge in [0.1, 0.15) is 0 Å². The van der Waals surface area contributed by atoms with E-state index in [9.17, 15) is 23.1 Å². The Morgan fingerprint density at radius 3 is 2.84 bits per heavy atom. The lowest BCUT2D eigenvalue weighted by molar-refractivity contribution is -0.137. The number of rotatable bonds is 4. The molecule has 1 fully saturated rings. The number of alkyl halides is 3. The number of amides is 1. The Morgan fingerprint density at radius 1 is 1.29 bits per heavy atom. The minimum Gasteiger partial charge on any atom is -0.492 e. The molecule has 1 aromatic carbocycles. The Bertz CT molecular complexity index is 1050. The minimum absolute atomic E-state index is 0.0997. The van der Waals surface area contributed by atoms with Crippen molar-refractivity contribution in [2.75, 3.05) is 16.8 Å². The van der Waals surface area contributed by atoms with Crippen LogP contribution in [0.1, 0.15) is 35.3 Å². The zero-order valence-corrected chi connectivity index (χ0v) is 17.5. The highest BCUT2D eigenvalue weighted by Crippen LogP contribution is 2.42. The largest absolute Gasteiger partial charge is 0.492 e. The summed E-state index contributed by atoms with van der Waals surface area (Å²) in [5.41, 5.74) is 0.271. The first kappa shape index (κ1) is 20.4. The van der Waals surface area contributed by atoms with Crippen LogP contribution in [0.3, 0.4) is 0 Å². The van der Waals surface area contributed by atoms with Gasteiger partial charge < -0.3 is 15.3 Å². The van der Waals surface area contributed by atoms with Gasteiger partial charge in [-0.2, -0.15) is 18.2 Å². The summed E-state index contributed by atoms with van der Waals surface area (Å²) in [6.45, 7) is 0.356. The first-order valence-electron chi connectivity index (χ1n) is 10.4. The Labute approximate surface area is 181 Å². The van der Waals surface area contributed by atoms with Gasteiger partial charge in [0, 0.05) is 18.3 Å². The van der Waals surface area contributed by atoms with E-state index in [1.54, 1.807) is 0 Å². The number of halogens is 3. The van der Waals surface area contributed by atoms with Crippen LogP contribution in [0.15, 0.2) is 30.4 Å². The summed E-state index contributed by atoms with van der Waals surface area (Å²) in [5, 5.41) is 14.2. The van der Waals surface area contributed by atoms with E-state index in [-0.39, 0.29) is 24.2 Å². The fourth-order valence-corrected chi connectivity index (χ4v) is 5.78. The fraction of sp³-hybridized carbons (Fsp3) is 0.455. The first-order valence-corrected chi connectivity index (χ1v) is 11.2. The van der Waals surface area contributed by atoms with Crippen molar-refractivity contribution < 1.29 is 23.1 Å². The van der Waals surface area contributed by atoms with Gasteiger partial charge in [0.15, 0.2) is 5.13 Å². The van der Waals surface area contributed by atoms with Crippen LogP contribution in [0.5, 0.6) is 5.88 Å². The number of aromatic hydroxyl groups is 1. The lowest BCUT2D eigenvalue weighted by Gasteiger charge is -2.30. The zero-order valence-electron chi connectivity index (χ0n) is 16.7. The molecule has 1 aromatic heterocycles. The van der Waals surface area contributed by atoms with Crippen LogP contribution in [0.2, 0.25) is 0 Å². The molecule has 0 radical (unpaired) electrons. The van der Waals surface area contributed by atoms with E-state index < -0.39 is 11.7 Å². The Morgan fingerprint density at radius 2 is 2.13 bits per heavy atom. The molecule has 0 spiro atoms. The number of carbonyl (C=O) groups excluding carboxylic acids is 1. The highest BCUT2D eigenvalue weighted by molar-refractivity contribution is 7.16. The number of carbonyl (C=O) groups is 1. The molecule has 9 heteroatoms. The highest BCUT2D eigenvalue weighted by atomic mass is 32.1. The molecular formula is C22H22F3N3O2S. The van der Waals surface area contributed by atoms with Crippen molar-refractivity contribution in [1.82, 2.24) is 4.98 Å². The zero-order chi connectivity index (χ0) is 21.8. The van der Waals surface area contributed by atoms with E-state index >= 15 is 0 Å². The van der Waals surface area contributed by atoms with Crippen molar-refractivity contribution in [2.45, 2.75) is 44.3 Å². The molecule has 31 heavy (non-hydrogen) atoms. The van der Waals surface area contributed by atoms with E-state index in [0.717, 1.165) is 30.5 Å². The number of aryl methyl sites for hydroxylation is 1. The van der Waals surface area contributed by atoms with Crippen molar-refractivity contribution in [3.63, 3.8) is 0 Å². The molecule has 3 atom stereocenters. The molecule has 3 unspecified atom stereocenters. The third-order valence-electron chi connectivity index (χ3n) is 6.41. The van der Waals surface area contributed by atoms with Gasteiger partial charge in [-0.3, -0.25) is 4.79 Å². The van der Waals surface area contributed by atoms with Gasteiger partial charge in [0.05, 0.1) is 16.9 Å². The number of fused-ring (bicyclic) bond motifs is 3. The Kier molecular flexibility index (Phi) is 4.96. The standard InChI is InChI=1S/C22H22F3N3O2S/c23-22(24,25)15-6-5-13-2-1-7-28(17(13)10-15)19(29)11-18-20(30)27-21(31-18)26-16-9-12-3-4-14(16)8-12/h3-6,10,12,14,16,30H,1-2,7-9,11H2,(H,26,27). The van der Waals surface area contributed by atoms with E-state index in [2.05, 4.69) is 22.5 Å². The molecule has 2 N–H and O–H groups in total. The molecule has 5 nitrogen and oxygen atoms in total. The van der Waals surface area contributed by atoms with Gasteiger partial charge in [-0.15, -0.1) is 0 Å². The summed E-state index contributed by atoms with van der Waals surface area (Å²) in [4.78, 5) is 19.0. The van der Waals surface area contributed by atoms with Crippen molar-refractivity contribution in [3.8, 4) is 5.88 Å². The third-order valence-corrected chi connectivity index (χ3v) is 7.38. The number of hydrogen-bond acceptors (Lipinski definition) is 5. The first-order chi connectivity index (χ1) is 14.8. The highest BCUT2D eigenvalue weighted by Gasteiger charge is 2.36. The van der Waals surface area contributed by atoms with Crippen molar-refractivity contribution in [3.05, 3.63) is 46.4 Å². The molecule has 2 bridgehead atoms. The molecule has 1 saturated carbocycles. The predicted molar refractivity (Wildman–Crippen MR) is 112 cm³/mol. The molecule has 2 aliphatic carbocycles. The molecular weight excluding hydrogens is 427 g/mol. The molecule has 164 valence electrons. The van der Waals surface area contributed by atoms with Crippen LogP contribution >= 0.6 is 11.3 Å². The number of thiazole rings is 1. The number of benzene rings is 1. The average Bonchev–Trinajstić information content (AvgIpc) is 3.43. The maximum absolute atomic E-state index is 13.2. The summed E-state index contributed by atoms with van der Waals surface area (Å²) in [7, 11) is 0. The Balaban J connectivity index is 1.32. The van der Waals surface area contributed by atoms with Crippen molar-refractivity contribution >= 4 is 28.1 Å². The lowest BCUT2D eigenvalue weighted by Crippen LogP contribution is -2.36. The summed E-state index contributed by atoms with van der Waals surface area (Å²) in [6, 6.07) is 3.84. The van der Waals surface area contributed by atoms with E-state index in [1.807, 2.05) is 0 Å². The quantitative estimate of drug-likeness (QED) is 0.661. The maximum Gasteiger partial charge on any atom is 0.416 e. The molecule has 1 amide bonds. The van der Waals surface area contributed by atoms with E-state index in [4.69, 9.17) is 0 Å². The van der Waals surface area contributed by atoms with Gasteiger partial charge >= 0.3 is 6.18 Å². The van der Waals surface area contributed by atoms with Crippen LogP contribution in [0, 0.1) is 11.8 Å².